The lowest BCUT2D eigenvalue weighted by atomic mass is 9.92. The van der Waals surface area contributed by atoms with Crippen LogP contribution in [-0.4, -0.2) is 23.0 Å². The smallest absolute Gasteiger partial charge is 0.369 e. The van der Waals surface area contributed by atoms with Crippen molar-refractivity contribution in [3.8, 4) is 0 Å². The molecule has 0 radical (unpaired) electrons. The van der Waals surface area contributed by atoms with Gasteiger partial charge in [0.15, 0.2) is 0 Å². The summed E-state index contributed by atoms with van der Waals surface area (Å²) >= 11 is -0.709. The molecular formula is C10H5F9OS. The lowest BCUT2D eigenvalue weighted by Gasteiger charge is -2.32. The van der Waals surface area contributed by atoms with Crippen LogP contribution in [0.15, 0.2) is 29.2 Å². The Morgan fingerprint density at radius 3 is 1.38 bits per heavy atom. The molecule has 0 aliphatic rings. The quantitative estimate of drug-likeness (QED) is 0.625. The van der Waals surface area contributed by atoms with Crippen molar-refractivity contribution >= 4 is 11.8 Å². The number of benzene rings is 1. The molecule has 120 valence electrons. The standard InChI is InChI=1S/C10H5F9OS/c11-8(12,13)7(20,9(14,15)16)5-1-3-6(4-2-5)21-10(17,18)19/h1-4,20H. The molecule has 0 atom stereocenters. The van der Waals surface area contributed by atoms with E-state index in [-0.39, 0.29) is 12.1 Å². The third-order valence-electron chi connectivity index (χ3n) is 2.33. The summed E-state index contributed by atoms with van der Waals surface area (Å²) in [6.07, 6.45) is -12.2. The van der Waals surface area contributed by atoms with Gasteiger partial charge in [0.1, 0.15) is 0 Å². The zero-order valence-electron chi connectivity index (χ0n) is 9.57. The van der Waals surface area contributed by atoms with Crippen molar-refractivity contribution in [1.82, 2.24) is 0 Å². The van der Waals surface area contributed by atoms with E-state index in [0.717, 1.165) is 0 Å². The van der Waals surface area contributed by atoms with Gasteiger partial charge in [0, 0.05) is 10.5 Å². The van der Waals surface area contributed by atoms with Gasteiger partial charge in [-0.25, -0.2) is 0 Å². The number of alkyl halides is 9. The summed E-state index contributed by atoms with van der Waals surface area (Å²) in [6, 6.07) is 1.12. The second kappa shape index (κ2) is 5.27. The zero-order chi connectivity index (χ0) is 16.7. The molecular weight excluding hydrogens is 339 g/mol. The van der Waals surface area contributed by atoms with Crippen LogP contribution in [0.2, 0.25) is 0 Å². The van der Waals surface area contributed by atoms with Crippen molar-refractivity contribution in [3.05, 3.63) is 29.8 Å². The maximum Gasteiger partial charge on any atom is 0.446 e. The average Bonchev–Trinajstić information content (AvgIpc) is 2.23. The van der Waals surface area contributed by atoms with E-state index >= 15 is 0 Å². The third kappa shape index (κ3) is 3.76. The maximum absolute atomic E-state index is 12.5. The molecule has 1 rings (SSSR count). The normalized spacial score (nSPS) is 14.4. The first kappa shape index (κ1) is 18.0. The number of aliphatic hydroxyl groups is 1. The Balaban J connectivity index is 3.24. The first-order chi connectivity index (χ1) is 9.18. The van der Waals surface area contributed by atoms with E-state index < -0.39 is 45.7 Å². The average molecular weight is 344 g/mol. The molecule has 0 saturated heterocycles. The Morgan fingerprint density at radius 1 is 0.714 bits per heavy atom. The minimum Gasteiger partial charge on any atom is -0.369 e. The highest BCUT2D eigenvalue weighted by Crippen LogP contribution is 2.50. The molecule has 0 aromatic heterocycles. The minimum atomic E-state index is -6.08. The fraction of sp³-hybridized carbons (Fsp3) is 0.400. The molecule has 0 bridgehead atoms. The SMILES string of the molecule is OC(c1ccc(SC(F)(F)F)cc1)(C(F)(F)F)C(F)(F)F. The molecule has 0 amide bonds. The predicted molar refractivity (Wildman–Crippen MR) is 54.4 cm³/mol. The molecule has 0 spiro atoms. The Bertz CT molecular complexity index is 471. The molecule has 11 heteroatoms. The fourth-order valence-corrected chi connectivity index (χ4v) is 1.93. The Hall–Kier alpha value is -1.10. The van der Waals surface area contributed by atoms with Crippen molar-refractivity contribution < 1.29 is 44.6 Å². The lowest BCUT2D eigenvalue weighted by molar-refractivity contribution is -0.376. The Labute approximate surface area is 115 Å². The number of thioether (sulfide) groups is 1. The van der Waals surface area contributed by atoms with Crippen LogP contribution in [0.3, 0.4) is 0 Å². The Kier molecular flexibility index (Phi) is 4.50. The molecule has 0 aliphatic carbocycles. The van der Waals surface area contributed by atoms with Crippen molar-refractivity contribution in [3.63, 3.8) is 0 Å². The van der Waals surface area contributed by atoms with Crippen LogP contribution in [0.1, 0.15) is 5.56 Å². The van der Waals surface area contributed by atoms with E-state index in [0.29, 0.717) is 12.1 Å². The summed E-state index contributed by atoms with van der Waals surface area (Å²) in [4.78, 5) is -0.613. The highest BCUT2D eigenvalue weighted by molar-refractivity contribution is 8.00. The number of hydrogen-bond donors (Lipinski definition) is 1. The molecule has 0 heterocycles. The van der Waals surface area contributed by atoms with Gasteiger partial charge in [-0.1, -0.05) is 12.1 Å². The van der Waals surface area contributed by atoms with E-state index in [1.54, 1.807) is 0 Å². The minimum absolute atomic E-state index is 0.148. The highest BCUT2D eigenvalue weighted by atomic mass is 32.2. The molecule has 1 aromatic carbocycles. The topological polar surface area (TPSA) is 20.2 Å². The molecule has 0 fully saturated rings. The van der Waals surface area contributed by atoms with Gasteiger partial charge < -0.3 is 5.11 Å². The van der Waals surface area contributed by atoms with Crippen molar-refractivity contribution in [2.24, 2.45) is 0 Å². The molecule has 0 unspecified atom stereocenters. The highest BCUT2D eigenvalue weighted by Gasteiger charge is 2.71. The molecule has 21 heavy (non-hydrogen) atoms. The van der Waals surface area contributed by atoms with Gasteiger partial charge in [-0.15, -0.1) is 0 Å². The van der Waals surface area contributed by atoms with Gasteiger partial charge in [0.05, 0.1) is 0 Å². The van der Waals surface area contributed by atoms with Crippen LogP contribution in [0.25, 0.3) is 0 Å². The zero-order valence-corrected chi connectivity index (χ0v) is 10.4. The van der Waals surface area contributed by atoms with E-state index in [4.69, 9.17) is 5.11 Å². The summed E-state index contributed by atoms with van der Waals surface area (Å²) in [5.74, 6) is 0. The molecule has 1 aromatic rings. The first-order valence-electron chi connectivity index (χ1n) is 4.90. The molecule has 0 aliphatic heterocycles. The van der Waals surface area contributed by atoms with Crippen LogP contribution < -0.4 is 0 Å². The first-order valence-corrected chi connectivity index (χ1v) is 5.72. The van der Waals surface area contributed by atoms with Crippen LogP contribution in [0.5, 0.6) is 0 Å². The van der Waals surface area contributed by atoms with Gasteiger partial charge in [0.25, 0.3) is 5.60 Å². The fourth-order valence-electron chi connectivity index (χ4n) is 1.39. The summed E-state index contributed by atoms with van der Waals surface area (Å²) in [5, 5.41) is 9.00. The number of halogens is 9. The summed E-state index contributed by atoms with van der Waals surface area (Å²) in [5.41, 5.74) is -11.5. The lowest BCUT2D eigenvalue weighted by Crippen LogP contribution is -2.53. The predicted octanol–water partition coefficient (Wildman–Crippen LogP) is 4.61. The summed E-state index contributed by atoms with van der Waals surface area (Å²) in [7, 11) is 0. The second-order valence-electron chi connectivity index (χ2n) is 3.78. The number of rotatable bonds is 2. The maximum atomic E-state index is 12.5. The van der Waals surface area contributed by atoms with Crippen LogP contribution in [0, 0.1) is 0 Å². The van der Waals surface area contributed by atoms with Gasteiger partial charge >= 0.3 is 17.9 Å². The van der Waals surface area contributed by atoms with Crippen LogP contribution in [-0.2, 0) is 5.60 Å². The van der Waals surface area contributed by atoms with E-state index in [1.165, 1.54) is 0 Å². The van der Waals surface area contributed by atoms with Gasteiger partial charge in [-0.3, -0.25) is 0 Å². The number of hydrogen-bond acceptors (Lipinski definition) is 2. The van der Waals surface area contributed by atoms with Gasteiger partial charge in [-0.2, -0.15) is 39.5 Å². The van der Waals surface area contributed by atoms with Crippen LogP contribution >= 0.6 is 11.8 Å². The molecule has 1 nitrogen and oxygen atoms in total. The largest absolute Gasteiger partial charge is 0.446 e. The van der Waals surface area contributed by atoms with Crippen LogP contribution in [0.4, 0.5) is 39.5 Å². The molecule has 1 N–H and O–H groups in total. The van der Waals surface area contributed by atoms with E-state index in [2.05, 4.69) is 0 Å². The van der Waals surface area contributed by atoms with Gasteiger partial charge in [0.2, 0.25) is 0 Å². The van der Waals surface area contributed by atoms with E-state index in [9.17, 15) is 39.5 Å². The van der Waals surface area contributed by atoms with Crippen molar-refractivity contribution in [2.45, 2.75) is 28.4 Å². The van der Waals surface area contributed by atoms with Crippen molar-refractivity contribution in [2.75, 3.05) is 0 Å². The monoisotopic (exact) mass is 344 g/mol. The van der Waals surface area contributed by atoms with E-state index in [1.807, 2.05) is 0 Å². The third-order valence-corrected chi connectivity index (χ3v) is 3.07. The van der Waals surface area contributed by atoms with Gasteiger partial charge in [-0.05, 0) is 23.9 Å². The Morgan fingerprint density at radius 2 is 1.10 bits per heavy atom. The second-order valence-corrected chi connectivity index (χ2v) is 4.92. The molecule has 0 saturated carbocycles. The van der Waals surface area contributed by atoms with Crippen molar-refractivity contribution in [1.29, 1.82) is 0 Å². The summed E-state index contributed by atoms with van der Waals surface area (Å²) in [6.45, 7) is 0. The summed E-state index contributed by atoms with van der Waals surface area (Å²) < 4.78 is 111.